The average Bonchev–Trinajstić information content (AvgIpc) is 3.15. The first kappa shape index (κ1) is 51.2. The highest BCUT2D eigenvalue weighted by molar-refractivity contribution is 7.47. The van der Waals surface area contributed by atoms with Gasteiger partial charge in [-0.25, -0.2) is 4.57 Å². The van der Waals surface area contributed by atoms with Gasteiger partial charge < -0.3 is 20.1 Å². The predicted molar refractivity (Wildman–Crippen MR) is 224 cm³/mol. The van der Waals surface area contributed by atoms with Crippen molar-refractivity contribution in [2.24, 2.45) is 5.73 Å². The Morgan fingerprint density at radius 3 is 1.55 bits per heavy atom. The van der Waals surface area contributed by atoms with Gasteiger partial charge >= 0.3 is 13.8 Å². The maximum Gasteiger partial charge on any atom is 0.472 e. The lowest BCUT2D eigenvalue weighted by Crippen LogP contribution is -2.28. The number of phosphoric acid groups is 1. The van der Waals surface area contributed by atoms with Crippen molar-refractivity contribution < 1.29 is 32.8 Å². The molecule has 0 aromatic carbocycles. The molecule has 0 fully saturated rings. The molecular formula is C44H80NO7P. The molecule has 0 aromatic rings. The third kappa shape index (κ3) is 41.2. The molecule has 53 heavy (non-hydrogen) atoms. The van der Waals surface area contributed by atoms with Crippen LogP contribution in [0.1, 0.15) is 174 Å². The number of carbonyl (C=O) groups excluding carboxylic acids is 1. The molecule has 308 valence electrons. The van der Waals surface area contributed by atoms with E-state index < -0.39 is 13.9 Å². The molecule has 0 aliphatic heterocycles. The first-order valence-corrected chi connectivity index (χ1v) is 22.8. The number of allylic oxidation sites excluding steroid dienone is 10. The number of esters is 1. The minimum atomic E-state index is -4.29. The van der Waals surface area contributed by atoms with Crippen molar-refractivity contribution in [3.8, 4) is 0 Å². The Balaban J connectivity index is 4.12. The summed E-state index contributed by atoms with van der Waals surface area (Å²) in [4.78, 5) is 22.5. The van der Waals surface area contributed by atoms with Gasteiger partial charge in [-0.05, 0) is 57.8 Å². The Morgan fingerprint density at radius 2 is 1.06 bits per heavy atom. The van der Waals surface area contributed by atoms with Gasteiger partial charge in [0.1, 0.15) is 6.10 Å². The lowest BCUT2D eigenvalue weighted by atomic mass is 10.0. The van der Waals surface area contributed by atoms with Gasteiger partial charge in [0.15, 0.2) is 0 Å². The fourth-order valence-corrected chi connectivity index (χ4v) is 6.38. The molecule has 0 aliphatic carbocycles. The van der Waals surface area contributed by atoms with Gasteiger partial charge in [0, 0.05) is 19.6 Å². The van der Waals surface area contributed by atoms with Gasteiger partial charge in [-0.1, -0.05) is 171 Å². The number of phosphoric ester groups is 1. The highest BCUT2D eigenvalue weighted by Crippen LogP contribution is 2.43. The van der Waals surface area contributed by atoms with E-state index in [0.29, 0.717) is 13.0 Å². The molecule has 0 aliphatic rings. The van der Waals surface area contributed by atoms with E-state index >= 15 is 0 Å². The number of carbonyl (C=O) groups is 1. The van der Waals surface area contributed by atoms with E-state index in [1.807, 2.05) is 0 Å². The van der Waals surface area contributed by atoms with Crippen LogP contribution in [0.4, 0.5) is 0 Å². The van der Waals surface area contributed by atoms with Crippen LogP contribution < -0.4 is 5.73 Å². The predicted octanol–water partition coefficient (Wildman–Crippen LogP) is 12.6. The van der Waals surface area contributed by atoms with Gasteiger partial charge in [-0.3, -0.25) is 13.8 Å². The van der Waals surface area contributed by atoms with Crippen LogP contribution in [-0.4, -0.2) is 49.9 Å². The van der Waals surface area contributed by atoms with Gasteiger partial charge in [-0.15, -0.1) is 0 Å². The van der Waals surface area contributed by atoms with E-state index in [1.54, 1.807) is 0 Å². The second kappa shape index (κ2) is 41.4. The molecule has 0 saturated carbocycles. The largest absolute Gasteiger partial charge is 0.472 e. The maximum absolute atomic E-state index is 12.6. The van der Waals surface area contributed by atoms with Crippen molar-refractivity contribution in [1.82, 2.24) is 0 Å². The van der Waals surface area contributed by atoms with Crippen molar-refractivity contribution in [3.63, 3.8) is 0 Å². The van der Waals surface area contributed by atoms with Crippen LogP contribution in [0.3, 0.4) is 0 Å². The minimum Gasteiger partial charge on any atom is -0.457 e. The first-order chi connectivity index (χ1) is 25.9. The molecule has 2 atom stereocenters. The molecule has 2 unspecified atom stereocenters. The van der Waals surface area contributed by atoms with Crippen molar-refractivity contribution in [1.29, 1.82) is 0 Å². The van der Waals surface area contributed by atoms with Crippen molar-refractivity contribution in [3.05, 3.63) is 60.8 Å². The minimum absolute atomic E-state index is 0.0866. The second-order valence-electron chi connectivity index (χ2n) is 13.8. The maximum atomic E-state index is 12.6. The Kier molecular flexibility index (Phi) is 40.0. The number of hydrogen-bond acceptors (Lipinski definition) is 7. The lowest BCUT2D eigenvalue weighted by Gasteiger charge is -2.20. The summed E-state index contributed by atoms with van der Waals surface area (Å²) < 4.78 is 33.4. The van der Waals surface area contributed by atoms with E-state index in [1.165, 1.54) is 83.5 Å². The number of ether oxygens (including phenoxy) is 2. The Morgan fingerprint density at radius 1 is 0.585 bits per heavy atom. The van der Waals surface area contributed by atoms with Crippen LogP contribution in [0, 0.1) is 0 Å². The average molecular weight is 766 g/mol. The highest BCUT2D eigenvalue weighted by atomic mass is 31.2. The molecule has 0 aromatic heterocycles. The van der Waals surface area contributed by atoms with Crippen LogP contribution in [-0.2, 0) is 27.9 Å². The SMILES string of the molecule is CC/C=C\C/C=C\C/C=C\C/C=C\C/C=C\CCCCOCC(COP(=O)(O)OCCN)OC(=O)CCCCCCCCCCCCCCCCCC. The summed E-state index contributed by atoms with van der Waals surface area (Å²) in [6.07, 6.45) is 49.6. The molecule has 0 saturated heterocycles. The molecule has 0 spiro atoms. The molecular weight excluding hydrogens is 685 g/mol. The summed E-state index contributed by atoms with van der Waals surface area (Å²) in [6, 6.07) is 0. The zero-order valence-electron chi connectivity index (χ0n) is 34.0. The van der Waals surface area contributed by atoms with Crippen LogP contribution in [0.2, 0.25) is 0 Å². The molecule has 0 bridgehead atoms. The lowest BCUT2D eigenvalue weighted by molar-refractivity contribution is -0.154. The molecule has 0 radical (unpaired) electrons. The van der Waals surface area contributed by atoms with Gasteiger partial charge in [0.2, 0.25) is 0 Å². The smallest absolute Gasteiger partial charge is 0.457 e. The Hall–Kier alpha value is -1.80. The van der Waals surface area contributed by atoms with Crippen molar-refractivity contribution in [2.75, 3.05) is 33.0 Å². The monoisotopic (exact) mass is 766 g/mol. The zero-order chi connectivity index (χ0) is 38.8. The zero-order valence-corrected chi connectivity index (χ0v) is 34.9. The summed E-state index contributed by atoms with van der Waals surface area (Å²) in [5.41, 5.74) is 5.36. The van der Waals surface area contributed by atoms with E-state index in [9.17, 15) is 14.3 Å². The quantitative estimate of drug-likeness (QED) is 0.0274. The third-order valence-corrected chi connectivity index (χ3v) is 9.68. The highest BCUT2D eigenvalue weighted by Gasteiger charge is 2.25. The van der Waals surface area contributed by atoms with Gasteiger partial charge in [0.05, 0.1) is 19.8 Å². The number of unbranched alkanes of at least 4 members (excludes halogenated alkanes) is 17. The summed E-state index contributed by atoms with van der Waals surface area (Å²) in [7, 11) is -4.29. The molecule has 0 rings (SSSR count). The summed E-state index contributed by atoms with van der Waals surface area (Å²) in [6.45, 7) is 4.70. The van der Waals surface area contributed by atoms with Crippen molar-refractivity contribution >= 4 is 13.8 Å². The fourth-order valence-electron chi connectivity index (χ4n) is 5.61. The van der Waals surface area contributed by atoms with E-state index in [0.717, 1.165) is 70.6 Å². The number of hydrogen-bond donors (Lipinski definition) is 2. The first-order valence-electron chi connectivity index (χ1n) is 21.3. The van der Waals surface area contributed by atoms with E-state index in [4.69, 9.17) is 24.3 Å². The van der Waals surface area contributed by atoms with Gasteiger partial charge in [-0.2, -0.15) is 0 Å². The third-order valence-electron chi connectivity index (χ3n) is 8.70. The van der Waals surface area contributed by atoms with Crippen molar-refractivity contribution in [2.45, 2.75) is 180 Å². The molecule has 0 amide bonds. The van der Waals surface area contributed by atoms with E-state index in [-0.39, 0.29) is 32.3 Å². The normalized spacial score (nSPS) is 14.1. The van der Waals surface area contributed by atoms with Crippen LogP contribution in [0.5, 0.6) is 0 Å². The summed E-state index contributed by atoms with van der Waals surface area (Å²) in [5.74, 6) is -0.346. The molecule has 9 heteroatoms. The number of rotatable bonds is 40. The number of nitrogens with two attached hydrogens (primary N) is 1. The summed E-state index contributed by atoms with van der Waals surface area (Å²) >= 11 is 0. The topological polar surface area (TPSA) is 117 Å². The molecule has 0 heterocycles. The molecule has 3 N–H and O–H groups in total. The van der Waals surface area contributed by atoms with Crippen LogP contribution in [0.15, 0.2) is 60.8 Å². The fraction of sp³-hybridized carbons (Fsp3) is 0.750. The standard InChI is InChI=1S/C44H80NO7P/c1-3-5-7-9-11-13-15-17-19-21-22-24-26-28-30-32-34-36-39-49-41-43(42-51-53(47,48)50-40-38-45)52-44(46)37-35-33-31-29-27-25-23-20-18-16-14-12-10-8-6-4-2/h5,7,11,13,17,19,22,24,28,30,43H,3-4,6,8-10,12,14-16,18,20-21,23,25-27,29,31-42,45H2,1-2H3,(H,47,48)/b7-5-,13-11-,19-17-,24-22-,30-28-. The van der Waals surface area contributed by atoms with Crippen LogP contribution in [0.25, 0.3) is 0 Å². The Labute approximate surface area is 325 Å². The van der Waals surface area contributed by atoms with Crippen LogP contribution >= 0.6 is 7.82 Å². The van der Waals surface area contributed by atoms with E-state index in [2.05, 4.69) is 74.6 Å². The Bertz CT molecular complexity index is 994. The second-order valence-corrected chi connectivity index (χ2v) is 15.3. The molecule has 8 nitrogen and oxygen atoms in total. The van der Waals surface area contributed by atoms with Gasteiger partial charge in [0.25, 0.3) is 0 Å². The summed E-state index contributed by atoms with van der Waals surface area (Å²) in [5, 5.41) is 0.